The van der Waals surface area contributed by atoms with Crippen LogP contribution in [-0.4, -0.2) is 357 Å². The smallest absolute Gasteiger partial charge is 0.301 e. The molecule has 9 aliphatic heterocycles. The van der Waals surface area contributed by atoms with E-state index in [1.165, 1.54) is 76.2 Å². The number of nitrogens with one attached hydrogen (secondary N) is 3. The number of hydrogen-bond acceptors (Lipinski definition) is 36. The number of methoxy groups -OCH3 is 3. The number of anilines is 9. The second kappa shape index (κ2) is 44.9. The van der Waals surface area contributed by atoms with Crippen LogP contribution in [0.5, 0.6) is 34.9 Å². The highest BCUT2D eigenvalue weighted by molar-refractivity contribution is 5.82. The number of hydrogen-bond donors (Lipinski definition) is 6. The first-order valence-electron chi connectivity index (χ1n) is 47.5. The Morgan fingerprint density at radius 3 is 0.882 bits per heavy atom. The van der Waals surface area contributed by atoms with Crippen LogP contribution in [0.15, 0.2) is 128 Å². The Labute approximate surface area is 827 Å². The maximum absolute atomic E-state index is 14.9. The predicted octanol–water partition coefficient (Wildman–Crippen LogP) is 9.20. The Bertz CT molecular complexity index is 5630. The third-order valence-corrected chi connectivity index (χ3v) is 26.8. The van der Waals surface area contributed by atoms with Gasteiger partial charge in [0.15, 0.2) is 18.3 Å². The molecular formula is C99H114F6N24O15. The zero-order valence-electron chi connectivity index (χ0n) is 80.9. The molecule has 9 aliphatic rings. The number of carbonyl (C=O) groups is 3. The summed E-state index contributed by atoms with van der Waals surface area (Å²) >= 11 is 0. The number of rotatable bonds is 27. The lowest BCUT2D eigenvalue weighted by Gasteiger charge is -2.46. The molecule has 762 valence electrons. The molecule has 9 fully saturated rings. The van der Waals surface area contributed by atoms with E-state index in [0.717, 1.165) is 130 Å². The Morgan fingerprint density at radius 2 is 0.660 bits per heavy atom. The van der Waals surface area contributed by atoms with E-state index in [2.05, 4.69) is 111 Å². The molecule has 0 saturated carbocycles. The van der Waals surface area contributed by atoms with E-state index in [-0.39, 0.29) is 91.0 Å². The van der Waals surface area contributed by atoms with Crippen molar-refractivity contribution in [3.05, 3.63) is 145 Å². The van der Waals surface area contributed by atoms with Gasteiger partial charge in [-0.2, -0.15) is 30.7 Å². The van der Waals surface area contributed by atoms with Crippen LogP contribution in [0, 0.1) is 34.0 Å². The summed E-state index contributed by atoms with van der Waals surface area (Å²) in [4.78, 5) is 93.2. The van der Waals surface area contributed by atoms with Crippen LogP contribution < -0.4 is 59.1 Å². The minimum absolute atomic E-state index is 0.00203. The summed E-state index contributed by atoms with van der Waals surface area (Å²) in [6.07, 6.45) is -5.13. The Morgan fingerprint density at radius 1 is 0.389 bits per heavy atom. The number of nitrogens with zero attached hydrogens (tertiary/aromatic N) is 21. The van der Waals surface area contributed by atoms with Gasteiger partial charge in [-0.15, -0.1) is 0 Å². The molecule has 6 aromatic heterocycles. The number of piperazine rings is 3. The van der Waals surface area contributed by atoms with Crippen LogP contribution in [0.1, 0.15) is 77.5 Å². The van der Waals surface area contributed by atoms with Crippen molar-refractivity contribution in [2.45, 2.75) is 151 Å². The van der Waals surface area contributed by atoms with Crippen molar-refractivity contribution < 1.29 is 98.7 Å². The lowest BCUT2D eigenvalue weighted by Crippen LogP contribution is -2.59. The number of nitriles is 3. The summed E-state index contributed by atoms with van der Waals surface area (Å²) in [5.74, 6) is -8.08. The molecule has 0 aliphatic carbocycles. The van der Waals surface area contributed by atoms with Gasteiger partial charge in [0.1, 0.15) is 125 Å². The van der Waals surface area contributed by atoms with E-state index in [1.54, 1.807) is 57.7 Å². The number of aliphatic hydroxyl groups excluding tert-OH is 3. The molecule has 15 heterocycles. The molecule has 3 aromatic carbocycles. The number of carbonyl (C=O) groups excluding carboxylic acids is 3. The first kappa shape index (κ1) is 103. The van der Waals surface area contributed by atoms with E-state index in [4.69, 9.17) is 42.6 Å². The maximum Gasteiger partial charge on any atom is 0.301 e. The molecule has 0 radical (unpaired) electrons. The van der Waals surface area contributed by atoms with Crippen LogP contribution >= 0.6 is 0 Å². The summed E-state index contributed by atoms with van der Waals surface area (Å²) in [5.41, 5.74) is 5.99. The molecule has 0 bridgehead atoms. The Balaban J connectivity index is 0.000000155. The van der Waals surface area contributed by atoms with Gasteiger partial charge in [-0.25, -0.2) is 56.2 Å². The molecule has 9 atom stereocenters. The van der Waals surface area contributed by atoms with Crippen LogP contribution in [0.3, 0.4) is 0 Å². The molecule has 39 nitrogen and oxygen atoms in total. The summed E-state index contributed by atoms with van der Waals surface area (Å²) in [6, 6.07) is 38.7. The Kier molecular flexibility index (Phi) is 32.1. The molecule has 1 unspecified atom stereocenters. The van der Waals surface area contributed by atoms with E-state index in [0.29, 0.717) is 104 Å². The lowest BCUT2D eigenvalue weighted by atomic mass is 10.0. The molecule has 0 spiro atoms. The molecule has 3 amide bonds. The van der Waals surface area contributed by atoms with Gasteiger partial charge in [0, 0.05) is 151 Å². The minimum Gasteiger partial charge on any atom is -0.483 e. The number of aromatic nitrogens is 9. The molecular weight excluding hydrogens is 1880 g/mol. The first-order valence-corrected chi connectivity index (χ1v) is 47.5. The van der Waals surface area contributed by atoms with Gasteiger partial charge >= 0.3 is 17.8 Å². The van der Waals surface area contributed by atoms with Crippen LogP contribution in [-0.2, 0) is 28.6 Å². The standard InChI is InChI=1S/3C33H38F2N8O5/c3*1-20-15-41(24-16-47-17-24)10-11-43(20)26-5-7-29(40-31(26)46-3)39-30-13-25(37-19-38-30)22-4-6-27(23(12-22)14-36)48-28-8-9-42(18-33(28,34)35)32(45)21(2)44/h3*4-7,12-13,19-21,24,28,44H,8-11,15-18H2,1-3H3,(H,37,38,39,40)/t20-,21+,28?;20-,21+,28+;20-,21+,28-/m111/s1. The van der Waals surface area contributed by atoms with E-state index < -0.39 is 91.7 Å². The third-order valence-electron chi connectivity index (χ3n) is 26.8. The highest BCUT2D eigenvalue weighted by Gasteiger charge is 2.52. The highest BCUT2D eigenvalue weighted by Crippen LogP contribution is 2.43. The van der Waals surface area contributed by atoms with Gasteiger partial charge in [-0.05, 0) is 133 Å². The zero-order chi connectivity index (χ0) is 102. The zero-order valence-corrected chi connectivity index (χ0v) is 80.9. The van der Waals surface area contributed by atoms with E-state index >= 15 is 0 Å². The van der Waals surface area contributed by atoms with Crippen molar-refractivity contribution in [2.24, 2.45) is 0 Å². The number of ether oxygens (including phenoxy) is 9. The van der Waals surface area contributed by atoms with Crippen LogP contribution in [0.4, 0.5) is 78.3 Å². The van der Waals surface area contributed by atoms with Crippen molar-refractivity contribution >= 4 is 69.7 Å². The largest absolute Gasteiger partial charge is 0.483 e. The summed E-state index contributed by atoms with van der Waals surface area (Å²) in [7, 11) is 4.77. The van der Waals surface area contributed by atoms with E-state index in [1.807, 2.05) is 54.6 Å². The quantitative estimate of drug-likeness (QED) is 0.0261. The summed E-state index contributed by atoms with van der Waals surface area (Å²) in [5, 5.41) is 67.6. The molecule has 18 rings (SSSR count). The molecule has 144 heavy (non-hydrogen) atoms. The fourth-order valence-electron chi connectivity index (χ4n) is 18.7. The molecule has 45 heteroatoms. The first-order chi connectivity index (χ1) is 69.2. The number of likely N-dealkylation sites (tertiary alicyclic amines) is 3. The fourth-order valence-corrected chi connectivity index (χ4v) is 18.7. The second-order valence-electron chi connectivity index (χ2n) is 36.8. The number of alkyl halides is 6. The topological polar surface area (TPSA) is 448 Å². The number of benzene rings is 3. The van der Waals surface area contributed by atoms with Gasteiger partial charge in [0.05, 0.1) is 133 Å². The van der Waals surface area contributed by atoms with Crippen molar-refractivity contribution in [3.8, 4) is 86.9 Å². The summed E-state index contributed by atoms with van der Waals surface area (Å²) in [6.45, 7) is 20.5. The Hall–Kier alpha value is -14.0. The minimum atomic E-state index is -3.38. The third kappa shape index (κ3) is 23.7. The van der Waals surface area contributed by atoms with E-state index in [9.17, 15) is 71.8 Å². The van der Waals surface area contributed by atoms with Gasteiger partial charge in [-0.1, -0.05) is 0 Å². The van der Waals surface area contributed by atoms with Crippen LogP contribution in [0.2, 0.25) is 0 Å². The molecule has 9 saturated heterocycles. The average molecular weight is 1990 g/mol. The normalized spacial score (nSPS) is 21.9. The number of pyridine rings is 3. The monoisotopic (exact) mass is 1990 g/mol. The van der Waals surface area contributed by atoms with Gasteiger partial charge < -0.3 is 103 Å². The number of amides is 3. The molecule has 6 N–H and O–H groups in total. The highest BCUT2D eigenvalue weighted by atomic mass is 19.3. The number of aliphatic hydroxyl groups is 3. The van der Waals surface area contributed by atoms with Crippen molar-refractivity contribution in [2.75, 3.05) is 190 Å². The van der Waals surface area contributed by atoms with Crippen molar-refractivity contribution in [3.63, 3.8) is 0 Å². The van der Waals surface area contributed by atoms with Crippen LogP contribution in [0.25, 0.3) is 33.8 Å². The lowest BCUT2D eigenvalue weighted by molar-refractivity contribution is -0.165. The van der Waals surface area contributed by atoms with Gasteiger partial charge in [0.2, 0.25) is 17.6 Å². The van der Waals surface area contributed by atoms with Crippen molar-refractivity contribution in [1.82, 2.24) is 74.3 Å². The number of piperidine rings is 3. The number of halogens is 6. The maximum atomic E-state index is 14.9. The predicted molar refractivity (Wildman–Crippen MR) is 514 cm³/mol. The fraction of sp³-hybridized carbons (Fsp3) is 0.485. The van der Waals surface area contributed by atoms with Crippen molar-refractivity contribution in [1.29, 1.82) is 15.8 Å². The summed E-state index contributed by atoms with van der Waals surface area (Å²) < 4.78 is 140. The second-order valence-corrected chi connectivity index (χ2v) is 36.8. The van der Waals surface area contributed by atoms with Gasteiger partial charge in [-0.3, -0.25) is 29.1 Å². The SMILES string of the molecule is COc1nc(Nc2cc(-c3ccc(OC4CCN(C(=O)[C@H](C)O)CC4(F)F)c(C#N)c3)ncn2)ccc1N1CCN(C2COC2)C[C@H]1C.COc1nc(Nc2cc(-c3ccc(O[C@@H]4CCN(C(=O)[C@H](C)O)CC4(F)F)c(C#N)c3)ncn2)ccc1N1CCN(C2COC2)C[C@H]1C.COc1nc(Nc2cc(-c3ccc(O[C@H]4CCN(C(=O)[C@H](C)O)CC4(F)F)c(C#N)c3)ncn2)ccc1N1CCN(C2COC2)C[C@H]1C. The van der Waals surface area contributed by atoms with Gasteiger partial charge in [0.25, 0.3) is 17.7 Å². The average Bonchev–Trinajstić information content (AvgIpc) is 0.811. The molecule has 9 aromatic rings.